The van der Waals surface area contributed by atoms with Crippen LogP contribution >= 0.6 is 0 Å². The standard InChI is InChI=1S/C20H26O2Si/c1-7-16-8-10-17(11-9-16)15(2)19-13-12-18(21-3)14-20(19)22-23(4,5)6/h7-15H,1H2,2-6H3/t15-/m1/s1. The van der Waals surface area contributed by atoms with Crippen LogP contribution in [0.25, 0.3) is 6.08 Å². The molecule has 0 N–H and O–H groups in total. The molecule has 0 amide bonds. The molecule has 0 aliphatic rings. The van der Waals surface area contributed by atoms with Crippen molar-refractivity contribution in [1.82, 2.24) is 0 Å². The molecule has 0 saturated carbocycles. The lowest BCUT2D eigenvalue weighted by Crippen LogP contribution is -2.30. The van der Waals surface area contributed by atoms with E-state index in [0.717, 1.165) is 17.1 Å². The van der Waals surface area contributed by atoms with Gasteiger partial charge >= 0.3 is 0 Å². The fourth-order valence-electron chi connectivity index (χ4n) is 2.52. The van der Waals surface area contributed by atoms with E-state index in [4.69, 9.17) is 9.16 Å². The molecule has 0 unspecified atom stereocenters. The Morgan fingerprint density at radius 1 is 1.04 bits per heavy atom. The lowest BCUT2D eigenvalue weighted by molar-refractivity contribution is 0.411. The molecule has 0 aliphatic heterocycles. The zero-order valence-corrected chi connectivity index (χ0v) is 15.7. The third kappa shape index (κ3) is 4.49. The summed E-state index contributed by atoms with van der Waals surface area (Å²) < 4.78 is 11.7. The maximum atomic E-state index is 6.31. The minimum Gasteiger partial charge on any atom is -0.544 e. The molecule has 2 aromatic rings. The van der Waals surface area contributed by atoms with Crippen molar-refractivity contribution in [2.45, 2.75) is 32.5 Å². The normalized spacial score (nSPS) is 12.6. The Kier molecular flexibility index (Phi) is 5.32. The highest BCUT2D eigenvalue weighted by molar-refractivity contribution is 6.70. The van der Waals surface area contributed by atoms with E-state index in [1.807, 2.05) is 18.2 Å². The van der Waals surface area contributed by atoms with Gasteiger partial charge in [-0.1, -0.05) is 49.9 Å². The first kappa shape index (κ1) is 17.4. The van der Waals surface area contributed by atoms with Crippen LogP contribution < -0.4 is 9.16 Å². The van der Waals surface area contributed by atoms with Crippen LogP contribution in [0.15, 0.2) is 49.0 Å². The zero-order valence-electron chi connectivity index (χ0n) is 14.7. The molecular formula is C20H26O2Si. The molecule has 2 aromatic carbocycles. The Labute approximate surface area is 140 Å². The van der Waals surface area contributed by atoms with Crippen LogP contribution in [0.4, 0.5) is 0 Å². The summed E-state index contributed by atoms with van der Waals surface area (Å²) in [6, 6.07) is 14.6. The monoisotopic (exact) mass is 326 g/mol. The summed E-state index contributed by atoms with van der Waals surface area (Å²) in [4.78, 5) is 0. The molecule has 0 saturated heterocycles. The number of methoxy groups -OCH3 is 1. The Morgan fingerprint density at radius 2 is 1.70 bits per heavy atom. The minimum absolute atomic E-state index is 0.256. The van der Waals surface area contributed by atoms with E-state index in [1.54, 1.807) is 7.11 Å². The van der Waals surface area contributed by atoms with Crippen LogP contribution in [0.1, 0.15) is 29.5 Å². The molecule has 0 fully saturated rings. The highest BCUT2D eigenvalue weighted by Crippen LogP contribution is 2.35. The van der Waals surface area contributed by atoms with Crippen molar-refractivity contribution in [1.29, 1.82) is 0 Å². The van der Waals surface area contributed by atoms with Gasteiger partial charge in [-0.05, 0) is 36.8 Å². The second-order valence-corrected chi connectivity index (χ2v) is 11.1. The predicted octanol–water partition coefficient (Wildman–Crippen LogP) is 5.70. The van der Waals surface area contributed by atoms with Gasteiger partial charge in [-0.3, -0.25) is 0 Å². The molecule has 3 heteroatoms. The molecule has 23 heavy (non-hydrogen) atoms. The third-order valence-electron chi connectivity index (χ3n) is 3.78. The van der Waals surface area contributed by atoms with E-state index < -0.39 is 8.32 Å². The lowest BCUT2D eigenvalue weighted by atomic mass is 9.92. The first-order valence-electron chi connectivity index (χ1n) is 7.93. The van der Waals surface area contributed by atoms with Crippen molar-refractivity contribution in [2.75, 3.05) is 7.11 Å². The maximum Gasteiger partial charge on any atom is 0.242 e. The summed E-state index contributed by atoms with van der Waals surface area (Å²) in [6.07, 6.45) is 1.86. The summed E-state index contributed by atoms with van der Waals surface area (Å²) >= 11 is 0. The largest absolute Gasteiger partial charge is 0.544 e. The van der Waals surface area contributed by atoms with Gasteiger partial charge in [0, 0.05) is 17.5 Å². The average Bonchev–Trinajstić information content (AvgIpc) is 2.52. The van der Waals surface area contributed by atoms with Crippen molar-refractivity contribution < 1.29 is 9.16 Å². The SMILES string of the molecule is C=Cc1ccc([C@@H](C)c2ccc(OC)cc2O[Si](C)(C)C)cc1. The van der Waals surface area contributed by atoms with Gasteiger partial charge in [-0.25, -0.2) is 0 Å². The number of ether oxygens (including phenoxy) is 1. The summed E-state index contributed by atoms with van der Waals surface area (Å²) in [5.41, 5.74) is 3.59. The smallest absolute Gasteiger partial charge is 0.242 e. The summed E-state index contributed by atoms with van der Waals surface area (Å²) in [5, 5.41) is 0. The van der Waals surface area contributed by atoms with Crippen LogP contribution in [0.2, 0.25) is 19.6 Å². The maximum absolute atomic E-state index is 6.31. The molecule has 2 rings (SSSR count). The van der Waals surface area contributed by atoms with Gasteiger partial charge in [0.25, 0.3) is 0 Å². The van der Waals surface area contributed by atoms with Gasteiger partial charge < -0.3 is 9.16 Å². The quantitative estimate of drug-likeness (QED) is 0.634. The molecule has 0 aromatic heterocycles. The highest BCUT2D eigenvalue weighted by Gasteiger charge is 2.21. The topological polar surface area (TPSA) is 18.5 Å². The molecule has 1 atom stereocenters. The third-order valence-corrected chi connectivity index (χ3v) is 4.61. The van der Waals surface area contributed by atoms with Crippen LogP contribution in [-0.4, -0.2) is 15.4 Å². The van der Waals surface area contributed by atoms with Crippen LogP contribution in [0, 0.1) is 0 Å². The van der Waals surface area contributed by atoms with Crippen molar-refractivity contribution in [3.05, 3.63) is 65.7 Å². The van der Waals surface area contributed by atoms with Gasteiger partial charge in [0.05, 0.1) is 7.11 Å². The van der Waals surface area contributed by atoms with E-state index in [9.17, 15) is 0 Å². The fraction of sp³-hybridized carbons (Fsp3) is 0.300. The van der Waals surface area contributed by atoms with E-state index in [-0.39, 0.29) is 5.92 Å². The molecule has 0 bridgehead atoms. The van der Waals surface area contributed by atoms with Crippen LogP contribution in [-0.2, 0) is 0 Å². The second-order valence-electron chi connectivity index (χ2n) is 6.71. The molecular weight excluding hydrogens is 300 g/mol. The number of hydrogen-bond acceptors (Lipinski definition) is 2. The number of hydrogen-bond donors (Lipinski definition) is 0. The molecule has 2 nitrogen and oxygen atoms in total. The first-order chi connectivity index (χ1) is 10.8. The zero-order chi connectivity index (χ0) is 17.0. The second kappa shape index (κ2) is 7.05. The van der Waals surface area contributed by atoms with Gasteiger partial charge in [-0.15, -0.1) is 0 Å². The highest BCUT2D eigenvalue weighted by atomic mass is 28.4. The molecule has 0 aliphatic carbocycles. The van der Waals surface area contributed by atoms with E-state index >= 15 is 0 Å². The van der Waals surface area contributed by atoms with Crippen LogP contribution in [0.3, 0.4) is 0 Å². The van der Waals surface area contributed by atoms with Crippen molar-refractivity contribution in [3.8, 4) is 11.5 Å². The first-order valence-corrected chi connectivity index (χ1v) is 11.3. The summed E-state index contributed by atoms with van der Waals surface area (Å²) in [7, 11) is -0.0102. The van der Waals surface area contributed by atoms with Crippen molar-refractivity contribution in [2.24, 2.45) is 0 Å². The lowest BCUT2D eigenvalue weighted by Gasteiger charge is -2.25. The number of benzene rings is 2. The minimum atomic E-state index is -1.70. The molecule has 0 spiro atoms. The Balaban J connectivity index is 2.41. The number of rotatable bonds is 6. The molecule has 0 heterocycles. The van der Waals surface area contributed by atoms with Gasteiger partial charge in [-0.2, -0.15) is 0 Å². The molecule has 122 valence electrons. The van der Waals surface area contributed by atoms with Crippen molar-refractivity contribution in [3.63, 3.8) is 0 Å². The van der Waals surface area contributed by atoms with E-state index in [1.165, 1.54) is 11.1 Å². The van der Waals surface area contributed by atoms with Gasteiger partial charge in [0.2, 0.25) is 8.32 Å². The van der Waals surface area contributed by atoms with Gasteiger partial charge in [0.15, 0.2) is 0 Å². The van der Waals surface area contributed by atoms with Gasteiger partial charge in [0.1, 0.15) is 11.5 Å². The van der Waals surface area contributed by atoms with E-state index in [2.05, 4.69) is 63.5 Å². The fourth-order valence-corrected chi connectivity index (χ4v) is 3.35. The van der Waals surface area contributed by atoms with E-state index in [0.29, 0.717) is 0 Å². The Hall–Kier alpha value is -2.00. The summed E-state index contributed by atoms with van der Waals surface area (Å²) in [6.45, 7) is 12.6. The molecule has 0 radical (unpaired) electrons. The van der Waals surface area contributed by atoms with Crippen LogP contribution in [0.5, 0.6) is 11.5 Å². The van der Waals surface area contributed by atoms with Crippen molar-refractivity contribution >= 4 is 14.4 Å². The predicted molar refractivity (Wildman–Crippen MR) is 101 cm³/mol. The Morgan fingerprint density at radius 3 is 2.22 bits per heavy atom. The Bertz CT molecular complexity index is 669. The summed E-state index contributed by atoms with van der Waals surface area (Å²) in [5.74, 6) is 2.02. The average molecular weight is 327 g/mol.